The smallest absolute Gasteiger partial charge is 0.120 e. The van der Waals surface area contributed by atoms with Crippen LogP contribution in [0.1, 0.15) is 13.8 Å². The summed E-state index contributed by atoms with van der Waals surface area (Å²) in [5.74, 6) is 1.27. The minimum atomic E-state index is 0.567. The normalized spacial score (nSPS) is 27.1. The summed E-state index contributed by atoms with van der Waals surface area (Å²) in [7, 11) is 0. The van der Waals surface area contributed by atoms with Gasteiger partial charge in [-0.05, 0) is 18.4 Å². The highest BCUT2D eigenvalue weighted by atomic mass is 14.9. The number of amidine groups is 1. The fraction of sp³-hybridized carbons (Fsp3) is 0.571. The molecule has 0 aromatic carbocycles. The van der Waals surface area contributed by atoms with Gasteiger partial charge in [-0.25, -0.2) is 0 Å². The van der Waals surface area contributed by atoms with Crippen LogP contribution in [-0.2, 0) is 0 Å². The topological polar surface area (TPSA) is 38.4 Å². The van der Waals surface area contributed by atoms with E-state index in [9.17, 15) is 0 Å². The molecular weight excluding hydrogens is 112 g/mol. The molecule has 50 valence electrons. The van der Waals surface area contributed by atoms with Crippen molar-refractivity contribution in [1.82, 2.24) is 0 Å². The van der Waals surface area contributed by atoms with E-state index < -0.39 is 0 Å². The van der Waals surface area contributed by atoms with Gasteiger partial charge in [0.2, 0.25) is 0 Å². The van der Waals surface area contributed by atoms with Crippen LogP contribution in [0.2, 0.25) is 0 Å². The van der Waals surface area contributed by atoms with Crippen molar-refractivity contribution in [2.45, 2.75) is 13.8 Å². The number of rotatable bonds is 0. The number of nitrogens with zero attached hydrogens (tertiary/aromatic N) is 1. The highest BCUT2D eigenvalue weighted by Crippen LogP contribution is 2.08. The summed E-state index contributed by atoms with van der Waals surface area (Å²) in [5.41, 5.74) is 6.64. The Morgan fingerprint density at radius 3 is 2.89 bits per heavy atom. The van der Waals surface area contributed by atoms with Gasteiger partial charge in [-0.3, -0.25) is 4.99 Å². The van der Waals surface area contributed by atoms with Crippen molar-refractivity contribution in [1.29, 1.82) is 0 Å². The first-order valence-electron chi connectivity index (χ1n) is 3.19. The summed E-state index contributed by atoms with van der Waals surface area (Å²) in [6.45, 7) is 4.98. The molecule has 0 amide bonds. The summed E-state index contributed by atoms with van der Waals surface area (Å²) in [5, 5.41) is 0. The van der Waals surface area contributed by atoms with Crippen molar-refractivity contribution >= 4 is 5.84 Å². The molecule has 2 nitrogen and oxygen atoms in total. The summed E-state index contributed by atoms with van der Waals surface area (Å²) in [4.78, 5) is 4.12. The molecule has 0 radical (unpaired) electrons. The Bertz CT molecular complexity index is 168. The molecule has 2 N–H and O–H groups in total. The highest BCUT2D eigenvalue weighted by Gasteiger charge is 2.05. The Kier molecular flexibility index (Phi) is 1.56. The molecule has 0 aromatic heterocycles. The molecule has 1 aliphatic rings. The molecule has 2 heteroatoms. The molecule has 0 saturated carbocycles. The van der Waals surface area contributed by atoms with Gasteiger partial charge in [-0.1, -0.05) is 13.0 Å². The Balaban J connectivity index is 2.75. The van der Waals surface area contributed by atoms with Gasteiger partial charge in [0, 0.05) is 6.54 Å². The van der Waals surface area contributed by atoms with E-state index in [-0.39, 0.29) is 0 Å². The average molecular weight is 124 g/mol. The molecule has 0 fully saturated rings. The van der Waals surface area contributed by atoms with Gasteiger partial charge in [0.1, 0.15) is 5.84 Å². The molecule has 9 heavy (non-hydrogen) atoms. The lowest BCUT2D eigenvalue weighted by Gasteiger charge is -2.11. The van der Waals surface area contributed by atoms with Crippen LogP contribution in [0.3, 0.4) is 0 Å². The summed E-state index contributed by atoms with van der Waals surface area (Å²) in [6, 6.07) is 0. The Hall–Kier alpha value is -0.790. The number of hydrogen-bond donors (Lipinski definition) is 1. The third-order valence-corrected chi connectivity index (χ3v) is 1.49. The standard InChI is InChI=1S/C7H12N2/c1-5-3-6(2)7(8)9-4-5/h3,5H,4H2,1-2H3,(H2,8,9). The summed E-state index contributed by atoms with van der Waals surface area (Å²) in [6.07, 6.45) is 2.16. The second kappa shape index (κ2) is 2.21. The molecule has 1 unspecified atom stereocenters. The van der Waals surface area contributed by atoms with Crippen LogP contribution in [0.4, 0.5) is 0 Å². The van der Waals surface area contributed by atoms with Crippen molar-refractivity contribution in [2.24, 2.45) is 16.6 Å². The van der Waals surface area contributed by atoms with Crippen molar-refractivity contribution in [3.63, 3.8) is 0 Å². The predicted molar refractivity (Wildman–Crippen MR) is 39.4 cm³/mol. The van der Waals surface area contributed by atoms with Gasteiger partial charge in [0.25, 0.3) is 0 Å². The molecule has 1 aliphatic heterocycles. The molecule has 0 saturated heterocycles. The zero-order chi connectivity index (χ0) is 6.85. The van der Waals surface area contributed by atoms with Gasteiger partial charge < -0.3 is 5.73 Å². The van der Waals surface area contributed by atoms with Crippen molar-refractivity contribution in [2.75, 3.05) is 6.54 Å². The first-order valence-corrected chi connectivity index (χ1v) is 3.19. The van der Waals surface area contributed by atoms with E-state index >= 15 is 0 Å². The fourth-order valence-electron chi connectivity index (χ4n) is 0.932. The van der Waals surface area contributed by atoms with Gasteiger partial charge in [-0.15, -0.1) is 0 Å². The average Bonchev–Trinajstić information content (AvgIpc) is 1.80. The lowest BCUT2D eigenvalue weighted by molar-refractivity contribution is 0.726. The molecule has 0 spiro atoms. The molecule has 0 aromatic rings. The van der Waals surface area contributed by atoms with Crippen molar-refractivity contribution in [3.8, 4) is 0 Å². The maximum Gasteiger partial charge on any atom is 0.120 e. The SMILES string of the molecule is CC1=CC(C)CN=C1N. The molecule has 0 aliphatic carbocycles. The number of aliphatic imine (C=N–C) groups is 1. The van der Waals surface area contributed by atoms with E-state index in [1.165, 1.54) is 0 Å². The highest BCUT2D eigenvalue weighted by molar-refractivity contribution is 5.96. The Morgan fingerprint density at radius 2 is 2.44 bits per heavy atom. The molecule has 1 heterocycles. The van der Waals surface area contributed by atoms with Gasteiger partial charge in [-0.2, -0.15) is 0 Å². The van der Waals surface area contributed by atoms with Crippen molar-refractivity contribution < 1.29 is 0 Å². The van der Waals surface area contributed by atoms with Crippen LogP contribution in [0, 0.1) is 5.92 Å². The predicted octanol–water partition coefficient (Wildman–Crippen LogP) is 0.940. The second-order valence-electron chi connectivity index (χ2n) is 2.55. The third-order valence-electron chi connectivity index (χ3n) is 1.49. The van der Waals surface area contributed by atoms with Gasteiger partial charge >= 0.3 is 0 Å². The van der Waals surface area contributed by atoms with E-state index in [0.717, 1.165) is 12.1 Å². The van der Waals surface area contributed by atoms with E-state index in [2.05, 4.69) is 18.0 Å². The van der Waals surface area contributed by atoms with Crippen LogP contribution in [-0.4, -0.2) is 12.4 Å². The molecule has 1 rings (SSSR count). The van der Waals surface area contributed by atoms with Gasteiger partial charge in [0.15, 0.2) is 0 Å². The maximum atomic E-state index is 5.52. The fourth-order valence-corrected chi connectivity index (χ4v) is 0.932. The quantitative estimate of drug-likeness (QED) is 0.512. The van der Waals surface area contributed by atoms with E-state index in [1.807, 2.05) is 6.92 Å². The molecule has 0 bridgehead atoms. The third kappa shape index (κ3) is 1.31. The first kappa shape index (κ1) is 6.33. The minimum Gasteiger partial charge on any atom is -0.384 e. The number of dihydropyridines is 1. The van der Waals surface area contributed by atoms with Crippen LogP contribution >= 0.6 is 0 Å². The largest absolute Gasteiger partial charge is 0.384 e. The van der Waals surface area contributed by atoms with Crippen molar-refractivity contribution in [3.05, 3.63) is 11.6 Å². The van der Waals surface area contributed by atoms with Crippen LogP contribution in [0.25, 0.3) is 0 Å². The van der Waals surface area contributed by atoms with Crippen LogP contribution in [0.5, 0.6) is 0 Å². The maximum absolute atomic E-state index is 5.52. The zero-order valence-electron chi connectivity index (χ0n) is 5.89. The Morgan fingerprint density at radius 1 is 1.78 bits per heavy atom. The monoisotopic (exact) mass is 124 g/mol. The van der Waals surface area contributed by atoms with E-state index in [1.54, 1.807) is 0 Å². The van der Waals surface area contributed by atoms with E-state index in [0.29, 0.717) is 11.8 Å². The number of hydrogen-bond acceptors (Lipinski definition) is 2. The van der Waals surface area contributed by atoms with E-state index in [4.69, 9.17) is 5.73 Å². The van der Waals surface area contributed by atoms with Gasteiger partial charge in [0.05, 0.1) is 0 Å². The molecule has 1 atom stereocenters. The summed E-state index contributed by atoms with van der Waals surface area (Å²) >= 11 is 0. The number of nitrogens with two attached hydrogens (primary N) is 1. The zero-order valence-corrected chi connectivity index (χ0v) is 5.89. The second-order valence-corrected chi connectivity index (χ2v) is 2.55. The van der Waals surface area contributed by atoms with Crippen LogP contribution in [0.15, 0.2) is 16.6 Å². The first-order chi connectivity index (χ1) is 4.20. The lowest BCUT2D eigenvalue weighted by Crippen LogP contribution is -2.19. The molecular formula is C7H12N2. The van der Waals surface area contributed by atoms with Crippen LogP contribution < -0.4 is 5.73 Å². The minimum absolute atomic E-state index is 0.567. The Labute approximate surface area is 55.5 Å². The summed E-state index contributed by atoms with van der Waals surface area (Å²) < 4.78 is 0. The lowest BCUT2D eigenvalue weighted by atomic mass is 10.1.